The molecule has 0 aromatic carbocycles. The Morgan fingerprint density at radius 1 is 1.50 bits per heavy atom. The summed E-state index contributed by atoms with van der Waals surface area (Å²) < 4.78 is 5.02. The summed E-state index contributed by atoms with van der Waals surface area (Å²) in [6.45, 7) is 4.42. The number of nitrogens with one attached hydrogen (secondary N) is 1. The molecule has 1 rings (SSSR count). The molecule has 1 heterocycles. The van der Waals surface area contributed by atoms with E-state index in [1.807, 2.05) is 26.0 Å². The number of rotatable bonds is 7. The molecule has 0 radical (unpaired) electrons. The molecule has 5 heteroatoms. The molecule has 0 unspecified atom stereocenters. The van der Waals surface area contributed by atoms with Crippen LogP contribution in [0.2, 0.25) is 0 Å². The largest absolute Gasteiger partial charge is 0.481 e. The molecule has 18 heavy (non-hydrogen) atoms. The number of pyridine rings is 1. The first-order chi connectivity index (χ1) is 8.52. The standard InChI is InChI=1S/C13H20N2O3/c1-9(2)7-11(13(16)17)14-8-10-5-4-6-12(15-10)18-3/h4-6,9,11,14H,7-8H2,1-3H3,(H,16,17)/t11-/m0/s1. The minimum atomic E-state index is -0.827. The summed E-state index contributed by atoms with van der Waals surface area (Å²) in [4.78, 5) is 15.3. The minimum absolute atomic E-state index is 0.330. The number of ether oxygens (including phenoxy) is 1. The lowest BCUT2D eigenvalue weighted by atomic mass is 10.0. The third kappa shape index (κ3) is 4.71. The van der Waals surface area contributed by atoms with Crippen LogP contribution in [-0.2, 0) is 11.3 Å². The van der Waals surface area contributed by atoms with Crippen molar-refractivity contribution in [2.24, 2.45) is 5.92 Å². The third-order valence-electron chi connectivity index (χ3n) is 2.53. The highest BCUT2D eigenvalue weighted by Gasteiger charge is 2.18. The second-order valence-corrected chi connectivity index (χ2v) is 4.57. The van der Waals surface area contributed by atoms with Gasteiger partial charge in [-0.15, -0.1) is 0 Å². The van der Waals surface area contributed by atoms with Gasteiger partial charge in [-0.1, -0.05) is 19.9 Å². The number of aromatic nitrogens is 1. The van der Waals surface area contributed by atoms with Crippen LogP contribution in [0.4, 0.5) is 0 Å². The van der Waals surface area contributed by atoms with Crippen LogP contribution in [0.5, 0.6) is 5.88 Å². The van der Waals surface area contributed by atoms with Gasteiger partial charge in [-0.2, -0.15) is 0 Å². The summed E-state index contributed by atoms with van der Waals surface area (Å²) in [5, 5.41) is 12.1. The minimum Gasteiger partial charge on any atom is -0.481 e. The van der Waals surface area contributed by atoms with Gasteiger partial charge in [0.05, 0.1) is 12.8 Å². The van der Waals surface area contributed by atoms with Gasteiger partial charge in [-0.25, -0.2) is 4.98 Å². The fraction of sp³-hybridized carbons (Fsp3) is 0.538. The van der Waals surface area contributed by atoms with E-state index >= 15 is 0 Å². The third-order valence-corrected chi connectivity index (χ3v) is 2.53. The first kappa shape index (κ1) is 14.4. The SMILES string of the molecule is COc1cccc(CN[C@@H](CC(C)C)C(=O)O)n1. The fourth-order valence-electron chi connectivity index (χ4n) is 1.64. The van der Waals surface area contributed by atoms with E-state index in [-0.39, 0.29) is 0 Å². The lowest BCUT2D eigenvalue weighted by Crippen LogP contribution is -2.37. The lowest BCUT2D eigenvalue weighted by molar-refractivity contribution is -0.140. The predicted molar refractivity (Wildman–Crippen MR) is 68.5 cm³/mol. The summed E-state index contributed by atoms with van der Waals surface area (Å²) in [5.74, 6) is 0.0356. The van der Waals surface area contributed by atoms with Crippen molar-refractivity contribution in [2.75, 3.05) is 7.11 Å². The summed E-state index contributed by atoms with van der Waals surface area (Å²) in [6.07, 6.45) is 0.597. The summed E-state index contributed by atoms with van der Waals surface area (Å²) in [7, 11) is 1.55. The number of hydrogen-bond donors (Lipinski definition) is 2. The molecular weight excluding hydrogens is 232 g/mol. The molecule has 5 nitrogen and oxygen atoms in total. The first-order valence-electron chi connectivity index (χ1n) is 5.99. The number of carboxylic acid groups (broad SMARTS) is 1. The van der Waals surface area contributed by atoms with Crippen LogP contribution in [0, 0.1) is 5.92 Å². The molecular formula is C13H20N2O3. The van der Waals surface area contributed by atoms with Gasteiger partial charge in [0.2, 0.25) is 5.88 Å². The Balaban J connectivity index is 2.58. The van der Waals surface area contributed by atoms with Crippen molar-refractivity contribution < 1.29 is 14.6 Å². The summed E-state index contributed by atoms with van der Waals surface area (Å²) >= 11 is 0. The Labute approximate surface area is 107 Å². The second kappa shape index (κ2) is 6.96. The molecule has 100 valence electrons. The van der Waals surface area contributed by atoms with Crippen LogP contribution in [0.1, 0.15) is 26.0 Å². The Kier molecular flexibility index (Phi) is 5.58. The lowest BCUT2D eigenvalue weighted by Gasteiger charge is -2.16. The molecule has 1 aromatic heterocycles. The van der Waals surface area contributed by atoms with Gasteiger partial charge in [-0.3, -0.25) is 10.1 Å². The molecule has 0 fully saturated rings. The number of methoxy groups -OCH3 is 1. The Hall–Kier alpha value is -1.62. The van der Waals surface area contributed by atoms with Gasteiger partial charge in [0, 0.05) is 12.6 Å². The second-order valence-electron chi connectivity index (χ2n) is 4.57. The maximum absolute atomic E-state index is 11.1. The van der Waals surface area contributed by atoms with Crippen molar-refractivity contribution in [3.8, 4) is 5.88 Å². The van der Waals surface area contributed by atoms with Crippen LogP contribution in [0.25, 0.3) is 0 Å². The van der Waals surface area contributed by atoms with Gasteiger partial charge in [0.1, 0.15) is 6.04 Å². The van der Waals surface area contributed by atoms with Gasteiger partial charge >= 0.3 is 5.97 Å². The van der Waals surface area contributed by atoms with Crippen molar-refractivity contribution in [1.29, 1.82) is 0 Å². The van der Waals surface area contributed by atoms with Crippen molar-refractivity contribution in [1.82, 2.24) is 10.3 Å². The van der Waals surface area contributed by atoms with E-state index in [2.05, 4.69) is 10.3 Å². The number of hydrogen-bond acceptors (Lipinski definition) is 4. The number of carbonyl (C=O) groups is 1. The number of nitrogens with zero attached hydrogens (tertiary/aromatic N) is 1. The zero-order valence-electron chi connectivity index (χ0n) is 11.0. The van der Waals surface area contributed by atoms with Crippen LogP contribution in [0.15, 0.2) is 18.2 Å². The van der Waals surface area contributed by atoms with Crippen molar-refractivity contribution in [3.63, 3.8) is 0 Å². The average molecular weight is 252 g/mol. The highest BCUT2D eigenvalue weighted by atomic mass is 16.5. The highest BCUT2D eigenvalue weighted by Crippen LogP contribution is 2.08. The van der Waals surface area contributed by atoms with Crippen molar-refractivity contribution >= 4 is 5.97 Å². The Morgan fingerprint density at radius 3 is 2.78 bits per heavy atom. The van der Waals surface area contributed by atoms with E-state index in [9.17, 15) is 4.79 Å². The van der Waals surface area contributed by atoms with E-state index in [4.69, 9.17) is 9.84 Å². The van der Waals surface area contributed by atoms with Gasteiger partial charge < -0.3 is 9.84 Å². The summed E-state index contributed by atoms with van der Waals surface area (Å²) in [6, 6.07) is 4.88. The molecule has 0 bridgehead atoms. The monoisotopic (exact) mass is 252 g/mol. The first-order valence-corrected chi connectivity index (χ1v) is 5.99. The smallest absolute Gasteiger partial charge is 0.320 e. The van der Waals surface area contributed by atoms with Crippen LogP contribution in [-0.4, -0.2) is 29.2 Å². The van der Waals surface area contributed by atoms with Crippen LogP contribution < -0.4 is 10.1 Å². The van der Waals surface area contributed by atoms with E-state index in [0.29, 0.717) is 24.8 Å². The molecule has 1 atom stereocenters. The van der Waals surface area contributed by atoms with Crippen molar-refractivity contribution in [3.05, 3.63) is 23.9 Å². The molecule has 0 aliphatic rings. The summed E-state index contributed by atoms with van der Waals surface area (Å²) in [5.41, 5.74) is 0.768. The molecule has 1 aromatic rings. The topological polar surface area (TPSA) is 71.5 Å². The quantitative estimate of drug-likeness (QED) is 0.772. The van der Waals surface area contributed by atoms with E-state index in [1.165, 1.54) is 0 Å². The zero-order chi connectivity index (χ0) is 13.5. The molecule has 2 N–H and O–H groups in total. The average Bonchev–Trinajstić information content (AvgIpc) is 2.34. The normalized spacial score (nSPS) is 12.4. The molecule has 0 saturated carbocycles. The number of aliphatic carboxylic acids is 1. The molecule has 0 spiro atoms. The van der Waals surface area contributed by atoms with E-state index < -0.39 is 12.0 Å². The van der Waals surface area contributed by atoms with Gasteiger partial charge in [0.25, 0.3) is 0 Å². The molecule has 0 aliphatic heterocycles. The van der Waals surface area contributed by atoms with E-state index in [0.717, 1.165) is 5.69 Å². The molecule has 0 aliphatic carbocycles. The van der Waals surface area contributed by atoms with E-state index in [1.54, 1.807) is 13.2 Å². The molecule has 0 amide bonds. The maximum Gasteiger partial charge on any atom is 0.320 e. The Morgan fingerprint density at radius 2 is 2.22 bits per heavy atom. The fourth-order valence-corrected chi connectivity index (χ4v) is 1.64. The van der Waals surface area contributed by atoms with Gasteiger partial charge in [-0.05, 0) is 18.4 Å². The highest BCUT2D eigenvalue weighted by molar-refractivity contribution is 5.73. The van der Waals surface area contributed by atoms with Crippen molar-refractivity contribution in [2.45, 2.75) is 32.9 Å². The molecule has 0 saturated heterocycles. The van der Waals surface area contributed by atoms with Crippen LogP contribution in [0.3, 0.4) is 0 Å². The Bertz CT molecular complexity index is 394. The predicted octanol–water partition coefficient (Wildman–Crippen LogP) is 1.68. The number of carboxylic acids is 1. The van der Waals surface area contributed by atoms with Gasteiger partial charge in [0.15, 0.2) is 0 Å². The zero-order valence-corrected chi connectivity index (χ0v) is 11.0. The maximum atomic E-state index is 11.1. The van der Waals surface area contributed by atoms with Crippen LogP contribution >= 0.6 is 0 Å².